The summed E-state index contributed by atoms with van der Waals surface area (Å²) >= 11 is 1.97. The molecule has 1 aromatic heterocycles. The van der Waals surface area contributed by atoms with Gasteiger partial charge in [-0.15, -0.1) is 11.3 Å². The minimum Gasteiger partial charge on any atom is -0.311 e. The number of nitrogens with zero attached hydrogens (tertiary/aromatic N) is 2. The molecule has 4 aliphatic rings. The smallest absolute Gasteiger partial charge is 0.254 e. The number of hydrogen-bond donors (Lipinski definition) is 0. The van der Waals surface area contributed by atoms with Gasteiger partial charge in [0, 0.05) is 33.0 Å². The standard InChI is InChI=1S/C60H65BN2S/c1-36-19-24-52-42(29-36)53-55(64-52)63(48-23-20-39(56(3,4)5)32-41(48)38-17-15-14-16-18-38)51-31-37(2)30-50-54(51)61(53)47-34-45-46(60(12,13)28-27-59(45,10)11)35-49(47)62(50)40-21-22-43-44(33-40)58(8,9)26-25-57(43,6)7/h14-24,29-35H,25-28H2,1-13H3. The summed E-state index contributed by atoms with van der Waals surface area (Å²) in [7, 11) is 0. The number of thiophene rings is 1. The van der Waals surface area contributed by atoms with E-state index in [1.807, 2.05) is 11.3 Å². The Morgan fingerprint density at radius 3 is 1.78 bits per heavy atom. The van der Waals surface area contributed by atoms with Crippen molar-refractivity contribution in [2.24, 2.45) is 0 Å². The zero-order valence-electron chi connectivity index (χ0n) is 40.6. The Hall–Kier alpha value is -5.06. The molecule has 7 aromatic rings. The van der Waals surface area contributed by atoms with Crippen LogP contribution in [0.4, 0.5) is 33.4 Å². The monoisotopic (exact) mass is 856 g/mol. The van der Waals surface area contributed by atoms with Crippen molar-refractivity contribution in [2.45, 2.75) is 143 Å². The van der Waals surface area contributed by atoms with Crippen LogP contribution in [0.3, 0.4) is 0 Å². The summed E-state index contributed by atoms with van der Waals surface area (Å²) in [5.74, 6) is 0. The highest BCUT2D eigenvalue weighted by atomic mass is 32.1. The highest BCUT2D eigenvalue weighted by molar-refractivity contribution is 7.26. The molecule has 6 aromatic carbocycles. The molecule has 0 amide bonds. The van der Waals surface area contributed by atoms with E-state index in [1.165, 1.54) is 136 Å². The van der Waals surface area contributed by atoms with Crippen molar-refractivity contribution < 1.29 is 0 Å². The van der Waals surface area contributed by atoms with Crippen LogP contribution in [0.2, 0.25) is 0 Å². The van der Waals surface area contributed by atoms with Crippen LogP contribution in [0.15, 0.2) is 109 Å². The predicted octanol–water partition coefficient (Wildman–Crippen LogP) is 15.3. The van der Waals surface area contributed by atoms with Gasteiger partial charge in [0.05, 0.1) is 10.7 Å². The quantitative estimate of drug-likeness (QED) is 0.163. The first-order valence-electron chi connectivity index (χ1n) is 24.0. The summed E-state index contributed by atoms with van der Waals surface area (Å²) in [6.07, 6.45) is 4.76. The summed E-state index contributed by atoms with van der Waals surface area (Å²) in [6, 6.07) is 43.5. The van der Waals surface area contributed by atoms with Gasteiger partial charge in [0.25, 0.3) is 6.71 Å². The molecule has 2 aliphatic heterocycles. The second kappa shape index (κ2) is 13.7. The lowest BCUT2D eigenvalue weighted by atomic mass is 9.33. The fourth-order valence-corrected chi connectivity index (χ4v) is 13.4. The summed E-state index contributed by atoms with van der Waals surface area (Å²) in [5.41, 5.74) is 23.6. The van der Waals surface area contributed by atoms with E-state index in [4.69, 9.17) is 0 Å². The van der Waals surface area contributed by atoms with Crippen molar-refractivity contribution in [3.63, 3.8) is 0 Å². The molecule has 64 heavy (non-hydrogen) atoms. The van der Waals surface area contributed by atoms with Gasteiger partial charge in [-0.1, -0.05) is 142 Å². The van der Waals surface area contributed by atoms with Gasteiger partial charge in [0.1, 0.15) is 0 Å². The maximum Gasteiger partial charge on any atom is 0.254 e. The lowest BCUT2D eigenvalue weighted by Gasteiger charge is -2.47. The average Bonchev–Trinajstić information content (AvgIpc) is 3.61. The van der Waals surface area contributed by atoms with Crippen LogP contribution in [-0.2, 0) is 27.1 Å². The molecule has 0 N–H and O–H groups in total. The Balaban J connectivity index is 1.28. The third kappa shape index (κ3) is 6.17. The Labute approximate surface area is 387 Å². The molecule has 0 spiro atoms. The summed E-state index contributed by atoms with van der Waals surface area (Å²) in [5, 5.41) is 2.72. The van der Waals surface area contributed by atoms with E-state index in [0.29, 0.717) is 0 Å². The van der Waals surface area contributed by atoms with E-state index < -0.39 is 0 Å². The second-order valence-electron chi connectivity index (χ2n) is 23.7. The topological polar surface area (TPSA) is 6.48 Å². The van der Waals surface area contributed by atoms with Gasteiger partial charge in [-0.2, -0.15) is 0 Å². The number of aryl methyl sites for hydroxylation is 2. The number of benzene rings is 6. The Morgan fingerprint density at radius 2 is 1.12 bits per heavy atom. The van der Waals surface area contributed by atoms with Crippen molar-refractivity contribution in [2.75, 3.05) is 9.80 Å². The first-order chi connectivity index (χ1) is 30.1. The Bertz CT molecular complexity index is 3080. The first-order valence-corrected chi connectivity index (χ1v) is 24.8. The number of rotatable bonds is 3. The minimum absolute atomic E-state index is 0.00218. The van der Waals surface area contributed by atoms with E-state index in [-0.39, 0.29) is 33.8 Å². The van der Waals surface area contributed by atoms with Gasteiger partial charge in [-0.25, -0.2) is 0 Å². The van der Waals surface area contributed by atoms with E-state index in [1.54, 1.807) is 0 Å². The zero-order valence-corrected chi connectivity index (χ0v) is 41.4. The molecule has 0 radical (unpaired) electrons. The maximum atomic E-state index is 2.71. The number of fused-ring (bicyclic) bond motifs is 8. The highest BCUT2D eigenvalue weighted by Gasteiger charge is 2.48. The molecule has 0 saturated carbocycles. The SMILES string of the molecule is Cc1cc2c3c(c1)N(c1ccc(C(C)(C)C)cc1-c1ccccc1)c1sc4ccc(C)cc4c1B3c1cc3c(cc1N2c1ccc2c(c1)C(C)(C)CCC2(C)C)C(C)(C)CCC3(C)C. The fraction of sp³-hybridized carbons (Fsp3) is 0.367. The normalized spacial score (nSPS) is 18.5. The second-order valence-corrected chi connectivity index (χ2v) is 24.7. The maximum absolute atomic E-state index is 2.71. The molecule has 0 saturated heterocycles. The fourth-order valence-electron chi connectivity index (χ4n) is 12.1. The molecule has 2 nitrogen and oxygen atoms in total. The van der Waals surface area contributed by atoms with Crippen LogP contribution in [-0.4, -0.2) is 6.71 Å². The van der Waals surface area contributed by atoms with Gasteiger partial charge >= 0.3 is 0 Å². The van der Waals surface area contributed by atoms with Crippen molar-refractivity contribution in [3.8, 4) is 11.1 Å². The summed E-state index contributed by atoms with van der Waals surface area (Å²) < 4.78 is 1.35. The Morgan fingerprint density at radius 1 is 0.516 bits per heavy atom. The molecule has 0 unspecified atom stereocenters. The van der Waals surface area contributed by atoms with Gasteiger partial charge in [0.2, 0.25) is 0 Å². The third-order valence-corrected chi connectivity index (χ3v) is 17.4. The molecule has 0 fully saturated rings. The van der Waals surface area contributed by atoms with Gasteiger partial charge in [-0.05, 0) is 176 Å². The van der Waals surface area contributed by atoms with Crippen molar-refractivity contribution >= 4 is 78.0 Å². The third-order valence-electron chi connectivity index (χ3n) is 16.2. The minimum atomic E-state index is 0.00218. The van der Waals surface area contributed by atoms with Crippen LogP contribution >= 0.6 is 11.3 Å². The van der Waals surface area contributed by atoms with E-state index >= 15 is 0 Å². The lowest BCUT2D eigenvalue weighted by Crippen LogP contribution is -2.61. The molecule has 3 heterocycles. The molecular weight excluding hydrogens is 792 g/mol. The van der Waals surface area contributed by atoms with Gasteiger partial charge in [-0.3, -0.25) is 0 Å². The molecular formula is C60H65BN2S. The van der Waals surface area contributed by atoms with Crippen LogP contribution in [0.1, 0.15) is 141 Å². The molecule has 2 aliphatic carbocycles. The van der Waals surface area contributed by atoms with Crippen LogP contribution in [0.5, 0.6) is 0 Å². The first kappa shape index (κ1) is 41.6. The van der Waals surface area contributed by atoms with Crippen LogP contribution in [0.25, 0.3) is 21.2 Å². The van der Waals surface area contributed by atoms with Gasteiger partial charge < -0.3 is 9.80 Å². The Kier molecular flexibility index (Phi) is 8.94. The molecule has 4 heteroatoms. The van der Waals surface area contributed by atoms with Crippen molar-refractivity contribution in [3.05, 3.63) is 148 Å². The average molecular weight is 857 g/mol. The molecule has 11 rings (SSSR count). The summed E-state index contributed by atoms with van der Waals surface area (Å²) in [6.45, 7) is 31.5. The van der Waals surface area contributed by atoms with E-state index in [2.05, 4.69) is 209 Å². The predicted molar refractivity (Wildman–Crippen MR) is 280 cm³/mol. The molecule has 324 valence electrons. The van der Waals surface area contributed by atoms with E-state index in [9.17, 15) is 0 Å². The molecule has 0 atom stereocenters. The van der Waals surface area contributed by atoms with Crippen LogP contribution in [0, 0.1) is 13.8 Å². The van der Waals surface area contributed by atoms with Gasteiger partial charge in [0.15, 0.2) is 0 Å². The largest absolute Gasteiger partial charge is 0.311 e. The lowest BCUT2D eigenvalue weighted by molar-refractivity contribution is 0.332. The van der Waals surface area contributed by atoms with E-state index in [0.717, 1.165) is 0 Å². The van der Waals surface area contributed by atoms with Crippen LogP contribution < -0.4 is 26.2 Å². The number of anilines is 6. The van der Waals surface area contributed by atoms with Crippen molar-refractivity contribution in [1.29, 1.82) is 0 Å². The number of hydrogen-bond acceptors (Lipinski definition) is 3. The molecule has 0 bridgehead atoms. The highest BCUT2D eigenvalue weighted by Crippen LogP contribution is 2.54. The summed E-state index contributed by atoms with van der Waals surface area (Å²) in [4.78, 5) is 5.39. The zero-order chi connectivity index (χ0) is 45.0. The van der Waals surface area contributed by atoms with Crippen molar-refractivity contribution in [1.82, 2.24) is 0 Å².